The topological polar surface area (TPSA) is 75.6 Å². The van der Waals surface area contributed by atoms with E-state index in [1.54, 1.807) is 25.1 Å². The van der Waals surface area contributed by atoms with Gasteiger partial charge < -0.3 is 9.84 Å². The maximum Gasteiger partial charge on any atom is 0.240 e. The molecule has 0 aliphatic heterocycles. The van der Waals surface area contributed by atoms with Crippen molar-refractivity contribution in [2.45, 2.75) is 17.4 Å². The van der Waals surface area contributed by atoms with E-state index in [-0.39, 0.29) is 11.4 Å². The van der Waals surface area contributed by atoms with Gasteiger partial charge in [0.05, 0.1) is 12.0 Å². The largest absolute Gasteiger partial charge is 0.497 e. The summed E-state index contributed by atoms with van der Waals surface area (Å²) >= 11 is 1.38. The van der Waals surface area contributed by atoms with Crippen LogP contribution in [0.3, 0.4) is 0 Å². The summed E-state index contributed by atoms with van der Waals surface area (Å²) in [7, 11) is -2.23. The lowest BCUT2D eigenvalue weighted by Gasteiger charge is -2.22. The lowest BCUT2D eigenvalue weighted by atomic mass is 10.1. The molecule has 5 nitrogen and oxygen atoms in total. The molecule has 1 aromatic heterocycles. The highest BCUT2D eigenvalue weighted by molar-refractivity contribution is 7.89. The van der Waals surface area contributed by atoms with E-state index < -0.39 is 15.6 Å². The normalized spacial score (nSPS) is 14.6. The molecule has 0 bridgehead atoms. The Morgan fingerprint density at radius 2 is 2.10 bits per heavy atom. The summed E-state index contributed by atoms with van der Waals surface area (Å²) in [5, 5.41) is 12.2. The monoisotopic (exact) mass is 327 g/mol. The average Bonchev–Trinajstić information content (AvgIpc) is 3.01. The zero-order valence-electron chi connectivity index (χ0n) is 11.7. The van der Waals surface area contributed by atoms with Crippen LogP contribution in [0.5, 0.6) is 5.75 Å². The van der Waals surface area contributed by atoms with Crippen LogP contribution in [0.2, 0.25) is 0 Å². The number of methoxy groups -OCH3 is 1. The fourth-order valence-electron chi connectivity index (χ4n) is 1.76. The third kappa shape index (κ3) is 3.82. The van der Waals surface area contributed by atoms with E-state index in [1.807, 2.05) is 11.4 Å². The second kappa shape index (κ2) is 6.15. The Morgan fingerprint density at radius 3 is 2.71 bits per heavy atom. The molecule has 0 saturated carbocycles. The van der Waals surface area contributed by atoms with Crippen LogP contribution in [0, 0.1) is 0 Å². The number of benzene rings is 1. The molecule has 21 heavy (non-hydrogen) atoms. The highest BCUT2D eigenvalue weighted by Crippen LogP contribution is 2.25. The number of thiophene rings is 1. The van der Waals surface area contributed by atoms with Crippen LogP contribution in [0.1, 0.15) is 11.8 Å². The smallest absolute Gasteiger partial charge is 0.240 e. The Hall–Kier alpha value is -1.41. The summed E-state index contributed by atoms with van der Waals surface area (Å²) in [5.74, 6) is 0.461. The van der Waals surface area contributed by atoms with Crippen molar-refractivity contribution in [1.82, 2.24) is 4.72 Å². The van der Waals surface area contributed by atoms with E-state index in [2.05, 4.69) is 4.72 Å². The van der Waals surface area contributed by atoms with Crippen molar-refractivity contribution in [3.8, 4) is 5.75 Å². The van der Waals surface area contributed by atoms with Crippen LogP contribution in [0.25, 0.3) is 0 Å². The number of sulfonamides is 1. The van der Waals surface area contributed by atoms with Gasteiger partial charge in [0.1, 0.15) is 11.4 Å². The Balaban J connectivity index is 2.14. The molecule has 0 spiro atoms. The van der Waals surface area contributed by atoms with Gasteiger partial charge in [-0.2, -0.15) is 0 Å². The van der Waals surface area contributed by atoms with Crippen LogP contribution >= 0.6 is 11.3 Å². The Morgan fingerprint density at radius 1 is 1.33 bits per heavy atom. The quantitative estimate of drug-likeness (QED) is 0.850. The molecule has 1 aromatic carbocycles. The summed E-state index contributed by atoms with van der Waals surface area (Å²) in [6.07, 6.45) is 0. The van der Waals surface area contributed by atoms with Crippen molar-refractivity contribution in [2.75, 3.05) is 13.7 Å². The first-order chi connectivity index (χ1) is 9.85. The molecule has 0 radical (unpaired) electrons. The van der Waals surface area contributed by atoms with Gasteiger partial charge in [-0.05, 0) is 30.5 Å². The van der Waals surface area contributed by atoms with E-state index in [9.17, 15) is 13.5 Å². The van der Waals surface area contributed by atoms with Crippen LogP contribution in [0.15, 0.2) is 46.7 Å². The summed E-state index contributed by atoms with van der Waals surface area (Å²) < 4.78 is 31.9. The summed E-state index contributed by atoms with van der Waals surface area (Å²) in [6.45, 7) is 1.47. The van der Waals surface area contributed by atoms with E-state index in [1.165, 1.54) is 30.6 Å². The first-order valence-corrected chi connectivity index (χ1v) is 8.61. The average molecular weight is 327 g/mol. The van der Waals surface area contributed by atoms with Crippen molar-refractivity contribution in [3.63, 3.8) is 0 Å². The van der Waals surface area contributed by atoms with Gasteiger partial charge in [0, 0.05) is 17.5 Å². The lowest BCUT2D eigenvalue weighted by Crippen LogP contribution is -2.38. The zero-order chi connectivity index (χ0) is 15.5. The van der Waals surface area contributed by atoms with Crippen molar-refractivity contribution >= 4 is 21.4 Å². The van der Waals surface area contributed by atoms with Gasteiger partial charge in [-0.3, -0.25) is 0 Å². The molecule has 0 fully saturated rings. The first-order valence-electron chi connectivity index (χ1n) is 6.25. The van der Waals surface area contributed by atoms with Gasteiger partial charge in [-0.1, -0.05) is 12.1 Å². The second-order valence-corrected chi connectivity index (χ2v) is 7.47. The molecule has 1 atom stereocenters. The maximum atomic E-state index is 12.2. The van der Waals surface area contributed by atoms with Crippen LogP contribution in [-0.4, -0.2) is 27.2 Å². The molecular formula is C14H17NO4S2. The minimum Gasteiger partial charge on any atom is -0.497 e. The van der Waals surface area contributed by atoms with Crippen LogP contribution in [0.4, 0.5) is 0 Å². The predicted molar refractivity (Wildman–Crippen MR) is 82.1 cm³/mol. The second-order valence-electron chi connectivity index (χ2n) is 4.75. The van der Waals surface area contributed by atoms with Gasteiger partial charge in [0.15, 0.2) is 0 Å². The van der Waals surface area contributed by atoms with E-state index in [0.717, 1.165) is 0 Å². The first kappa shape index (κ1) is 16.0. The van der Waals surface area contributed by atoms with Gasteiger partial charge in [-0.15, -0.1) is 11.3 Å². The van der Waals surface area contributed by atoms with E-state index >= 15 is 0 Å². The van der Waals surface area contributed by atoms with Gasteiger partial charge in [0.2, 0.25) is 10.0 Å². The maximum absolute atomic E-state index is 12.2. The minimum atomic E-state index is -3.70. The number of nitrogens with one attached hydrogen (secondary N) is 1. The standard InChI is InChI=1S/C14H17NO4S2/c1-14(16,13-7-4-8-20-13)10-15-21(17,18)12-6-3-5-11(9-12)19-2/h3-9,15-16H,10H2,1-2H3. The molecule has 0 aliphatic rings. The molecule has 114 valence electrons. The predicted octanol–water partition coefficient (Wildman–Crippen LogP) is 1.94. The number of hydrogen-bond donors (Lipinski definition) is 2. The minimum absolute atomic E-state index is 0.101. The lowest BCUT2D eigenvalue weighted by molar-refractivity contribution is 0.0666. The van der Waals surface area contributed by atoms with Crippen LogP contribution in [-0.2, 0) is 15.6 Å². The molecule has 7 heteroatoms. The van der Waals surface area contributed by atoms with Gasteiger partial charge >= 0.3 is 0 Å². The Kier molecular flexibility index (Phi) is 4.67. The van der Waals surface area contributed by atoms with Crippen LogP contribution < -0.4 is 9.46 Å². The molecule has 0 amide bonds. The zero-order valence-corrected chi connectivity index (χ0v) is 13.4. The number of ether oxygens (including phenoxy) is 1. The van der Waals surface area contributed by atoms with Gasteiger partial charge in [-0.25, -0.2) is 13.1 Å². The van der Waals surface area contributed by atoms with E-state index in [0.29, 0.717) is 10.6 Å². The number of aliphatic hydroxyl groups is 1. The van der Waals surface area contributed by atoms with Crippen molar-refractivity contribution in [2.24, 2.45) is 0 Å². The summed E-state index contributed by atoms with van der Waals surface area (Å²) in [6, 6.07) is 9.76. The molecule has 2 rings (SSSR count). The highest BCUT2D eigenvalue weighted by atomic mass is 32.2. The summed E-state index contributed by atoms with van der Waals surface area (Å²) in [5.41, 5.74) is -1.25. The SMILES string of the molecule is COc1cccc(S(=O)(=O)NCC(C)(O)c2cccs2)c1. The third-order valence-electron chi connectivity index (χ3n) is 3.01. The molecular weight excluding hydrogens is 310 g/mol. The van der Waals surface area contributed by atoms with Gasteiger partial charge in [0.25, 0.3) is 0 Å². The van der Waals surface area contributed by atoms with Crippen molar-refractivity contribution in [3.05, 3.63) is 46.7 Å². The third-order valence-corrected chi connectivity index (χ3v) is 5.53. The Bertz CT molecular complexity index is 694. The van der Waals surface area contributed by atoms with E-state index in [4.69, 9.17) is 4.74 Å². The molecule has 2 aromatic rings. The molecule has 0 aliphatic carbocycles. The number of rotatable bonds is 6. The molecule has 2 N–H and O–H groups in total. The van der Waals surface area contributed by atoms with Crippen molar-refractivity contribution in [1.29, 1.82) is 0 Å². The molecule has 0 saturated heterocycles. The molecule has 1 heterocycles. The number of hydrogen-bond acceptors (Lipinski definition) is 5. The fourth-order valence-corrected chi connectivity index (χ4v) is 3.71. The molecule has 1 unspecified atom stereocenters. The summed E-state index contributed by atoms with van der Waals surface area (Å²) in [4.78, 5) is 0.805. The van der Waals surface area contributed by atoms with Crippen molar-refractivity contribution < 1.29 is 18.3 Å². The fraction of sp³-hybridized carbons (Fsp3) is 0.286. The Labute approximate surface area is 128 Å². The highest BCUT2D eigenvalue weighted by Gasteiger charge is 2.27.